The molecule has 3 aromatic rings. The maximum absolute atomic E-state index is 13.2. The van der Waals surface area contributed by atoms with Crippen LogP contribution in [0.3, 0.4) is 0 Å². The first-order chi connectivity index (χ1) is 15.1. The molecule has 0 bridgehead atoms. The zero-order valence-electron chi connectivity index (χ0n) is 18.0. The second-order valence-corrected chi connectivity index (χ2v) is 7.41. The SMILES string of the molecule is COc1ccc(CN(C(=O)Cc2ccccc2)[C@@H](C)C(=O)NCc2ccccc2)cc1. The van der Waals surface area contributed by atoms with Crippen LogP contribution in [0.25, 0.3) is 0 Å². The van der Waals surface area contributed by atoms with Gasteiger partial charge in [-0.25, -0.2) is 0 Å². The van der Waals surface area contributed by atoms with Gasteiger partial charge in [-0.1, -0.05) is 72.8 Å². The molecule has 2 amide bonds. The molecule has 0 saturated carbocycles. The average Bonchev–Trinajstić information content (AvgIpc) is 2.82. The van der Waals surface area contributed by atoms with Crippen LogP contribution in [0.2, 0.25) is 0 Å². The maximum Gasteiger partial charge on any atom is 0.242 e. The van der Waals surface area contributed by atoms with Crippen molar-refractivity contribution in [3.63, 3.8) is 0 Å². The standard InChI is InChI=1S/C26H28N2O3/c1-20(26(30)27-18-22-11-7-4-8-12-22)28(19-23-13-15-24(31-2)16-14-23)25(29)17-21-9-5-3-6-10-21/h3-16,20H,17-19H2,1-2H3,(H,27,30)/t20-/m0/s1. The van der Waals surface area contributed by atoms with Crippen LogP contribution >= 0.6 is 0 Å². The fourth-order valence-electron chi connectivity index (χ4n) is 3.32. The number of rotatable bonds is 9. The van der Waals surface area contributed by atoms with Crippen molar-refractivity contribution in [1.82, 2.24) is 10.2 Å². The first kappa shape index (κ1) is 22.1. The van der Waals surface area contributed by atoms with E-state index in [-0.39, 0.29) is 18.2 Å². The minimum Gasteiger partial charge on any atom is -0.497 e. The molecule has 5 nitrogen and oxygen atoms in total. The lowest BCUT2D eigenvalue weighted by Crippen LogP contribution is -2.47. The highest BCUT2D eigenvalue weighted by Crippen LogP contribution is 2.16. The van der Waals surface area contributed by atoms with E-state index >= 15 is 0 Å². The van der Waals surface area contributed by atoms with Gasteiger partial charge in [0.2, 0.25) is 11.8 Å². The van der Waals surface area contributed by atoms with E-state index in [0.717, 1.165) is 22.4 Å². The number of methoxy groups -OCH3 is 1. The summed E-state index contributed by atoms with van der Waals surface area (Å²) in [7, 11) is 1.61. The van der Waals surface area contributed by atoms with Crippen molar-refractivity contribution in [2.24, 2.45) is 0 Å². The number of carbonyl (C=O) groups is 2. The summed E-state index contributed by atoms with van der Waals surface area (Å²) in [5, 5.41) is 2.95. The zero-order chi connectivity index (χ0) is 22.1. The van der Waals surface area contributed by atoms with Gasteiger partial charge in [0.15, 0.2) is 0 Å². The van der Waals surface area contributed by atoms with Crippen molar-refractivity contribution in [2.75, 3.05) is 7.11 Å². The molecule has 31 heavy (non-hydrogen) atoms. The molecule has 0 fully saturated rings. The van der Waals surface area contributed by atoms with Crippen molar-refractivity contribution >= 4 is 11.8 Å². The number of hydrogen-bond donors (Lipinski definition) is 1. The van der Waals surface area contributed by atoms with Gasteiger partial charge in [-0.15, -0.1) is 0 Å². The fraction of sp³-hybridized carbons (Fsp3) is 0.231. The second kappa shape index (κ2) is 11.0. The van der Waals surface area contributed by atoms with E-state index in [9.17, 15) is 9.59 Å². The first-order valence-electron chi connectivity index (χ1n) is 10.3. The van der Waals surface area contributed by atoms with Gasteiger partial charge in [-0.3, -0.25) is 9.59 Å². The largest absolute Gasteiger partial charge is 0.497 e. The van der Waals surface area contributed by atoms with Crippen LogP contribution in [0, 0.1) is 0 Å². The summed E-state index contributed by atoms with van der Waals surface area (Å²) < 4.78 is 5.22. The van der Waals surface area contributed by atoms with Crippen molar-refractivity contribution < 1.29 is 14.3 Å². The van der Waals surface area contributed by atoms with Gasteiger partial charge in [0.1, 0.15) is 11.8 Å². The monoisotopic (exact) mass is 416 g/mol. The molecule has 0 heterocycles. The van der Waals surface area contributed by atoms with Crippen molar-refractivity contribution in [3.8, 4) is 5.75 Å². The zero-order valence-corrected chi connectivity index (χ0v) is 18.0. The number of nitrogens with one attached hydrogen (secondary N) is 1. The predicted molar refractivity (Wildman–Crippen MR) is 121 cm³/mol. The minimum absolute atomic E-state index is 0.0932. The molecule has 0 aliphatic heterocycles. The smallest absolute Gasteiger partial charge is 0.242 e. The van der Waals surface area contributed by atoms with Crippen LogP contribution in [0.1, 0.15) is 23.6 Å². The topological polar surface area (TPSA) is 58.6 Å². The second-order valence-electron chi connectivity index (χ2n) is 7.41. The third kappa shape index (κ3) is 6.44. The fourth-order valence-corrected chi connectivity index (χ4v) is 3.32. The molecule has 0 unspecified atom stereocenters. The van der Waals surface area contributed by atoms with Crippen molar-refractivity contribution in [2.45, 2.75) is 32.5 Å². The van der Waals surface area contributed by atoms with Crippen LogP contribution in [-0.4, -0.2) is 29.9 Å². The minimum atomic E-state index is -0.609. The Hall–Kier alpha value is -3.60. The summed E-state index contributed by atoms with van der Waals surface area (Å²) in [6.07, 6.45) is 0.243. The highest BCUT2D eigenvalue weighted by atomic mass is 16.5. The van der Waals surface area contributed by atoms with Gasteiger partial charge in [-0.2, -0.15) is 0 Å². The van der Waals surface area contributed by atoms with Gasteiger partial charge in [0, 0.05) is 13.1 Å². The molecule has 1 N–H and O–H groups in total. The van der Waals surface area contributed by atoms with Gasteiger partial charge in [0.25, 0.3) is 0 Å². The van der Waals surface area contributed by atoms with E-state index in [4.69, 9.17) is 4.74 Å². The number of benzene rings is 3. The summed E-state index contributed by atoms with van der Waals surface area (Å²) >= 11 is 0. The summed E-state index contributed by atoms with van der Waals surface area (Å²) in [5.74, 6) is 0.475. The Morgan fingerprint density at radius 3 is 2.00 bits per heavy atom. The van der Waals surface area contributed by atoms with Gasteiger partial charge < -0.3 is 15.0 Å². The van der Waals surface area contributed by atoms with Gasteiger partial charge in [-0.05, 0) is 35.7 Å². The molecule has 3 rings (SSSR count). The summed E-state index contributed by atoms with van der Waals surface area (Å²) in [6.45, 7) is 2.54. The summed E-state index contributed by atoms with van der Waals surface area (Å²) in [6, 6.07) is 26.2. The number of amides is 2. The molecular weight excluding hydrogens is 388 g/mol. The Labute approximate surface area is 183 Å². The molecule has 0 aromatic heterocycles. The Kier molecular flexibility index (Phi) is 7.82. The van der Waals surface area contributed by atoms with Crippen LogP contribution in [0.5, 0.6) is 5.75 Å². The summed E-state index contributed by atoms with van der Waals surface area (Å²) in [4.78, 5) is 27.7. The van der Waals surface area contributed by atoms with E-state index in [0.29, 0.717) is 13.1 Å². The van der Waals surface area contributed by atoms with E-state index in [2.05, 4.69) is 5.32 Å². The van der Waals surface area contributed by atoms with E-state index in [1.807, 2.05) is 84.9 Å². The molecule has 3 aromatic carbocycles. The Balaban J connectivity index is 1.73. The lowest BCUT2D eigenvalue weighted by atomic mass is 10.1. The highest BCUT2D eigenvalue weighted by molar-refractivity contribution is 5.88. The Bertz CT molecular complexity index is 973. The third-order valence-electron chi connectivity index (χ3n) is 5.19. The van der Waals surface area contributed by atoms with Crippen LogP contribution in [-0.2, 0) is 29.1 Å². The molecule has 160 valence electrons. The summed E-state index contributed by atoms with van der Waals surface area (Å²) in [5.41, 5.74) is 2.87. The van der Waals surface area contributed by atoms with E-state index in [1.165, 1.54) is 0 Å². The quantitative estimate of drug-likeness (QED) is 0.574. The number of carbonyl (C=O) groups excluding carboxylic acids is 2. The first-order valence-corrected chi connectivity index (χ1v) is 10.3. The molecule has 0 spiro atoms. The van der Waals surface area contributed by atoms with Crippen LogP contribution in [0.4, 0.5) is 0 Å². The lowest BCUT2D eigenvalue weighted by molar-refractivity contribution is -0.140. The number of ether oxygens (including phenoxy) is 1. The molecular formula is C26H28N2O3. The van der Waals surface area contributed by atoms with Gasteiger partial charge >= 0.3 is 0 Å². The number of nitrogens with zero attached hydrogens (tertiary/aromatic N) is 1. The van der Waals surface area contributed by atoms with E-state index < -0.39 is 6.04 Å². The molecule has 1 atom stereocenters. The molecule has 0 radical (unpaired) electrons. The van der Waals surface area contributed by atoms with Crippen LogP contribution in [0.15, 0.2) is 84.9 Å². The van der Waals surface area contributed by atoms with Crippen LogP contribution < -0.4 is 10.1 Å². The molecule has 0 saturated heterocycles. The Morgan fingerprint density at radius 2 is 1.42 bits per heavy atom. The predicted octanol–water partition coefficient (Wildman–Crippen LogP) is 3.97. The molecule has 0 aliphatic rings. The van der Waals surface area contributed by atoms with E-state index in [1.54, 1.807) is 18.9 Å². The van der Waals surface area contributed by atoms with Gasteiger partial charge in [0.05, 0.1) is 13.5 Å². The Morgan fingerprint density at radius 1 is 0.839 bits per heavy atom. The normalized spacial score (nSPS) is 11.4. The third-order valence-corrected chi connectivity index (χ3v) is 5.19. The maximum atomic E-state index is 13.2. The van der Waals surface area contributed by atoms with Crippen molar-refractivity contribution in [1.29, 1.82) is 0 Å². The molecule has 5 heteroatoms. The average molecular weight is 417 g/mol. The lowest BCUT2D eigenvalue weighted by Gasteiger charge is -2.29. The van der Waals surface area contributed by atoms with Crippen molar-refractivity contribution in [3.05, 3.63) is 102 Å². The highest BCUT2D eigenvalue weighted by Gasteiger charge is 2.26. The number of hydrogen-bond acceptors (Lipinski definition) is 3. The molecule has 0 aliphatic carbocycles.